The van der Waals surface area contributed by atoms with Crippen LogP contribution in [-0.4, -0.2) is 25.3 Å². The van der Waals surface area contributed by atoms with E-state index in [-0.39, 0.29) is 0 Å². The van der Waals surface area contributed by atoms with Crippen LogP contribution in [0.4, 0.5) is 0 Å². The van der Waals surface area contributed by atoms with Crippen LogP contribution in [0.25, 0.3) is 0 Å². The molecule has 0 bridgehead atoms. The molecule has 1 unspecified atom stereocenters. The Morgan fingerprint density at radius 2 is 1.82 bits per heavy atom. The van der Waals surface area contributed by atoms with Crippen molar-refractivity contribution in [2.75, 3.05) is 14.2 Å². The van der Waals surface area contributed by atoms with Gasteiger partial charge in [0, 0.05) is 11.1 Å². The van der Waals surface area contributed by atoms with E-state index in [1.807, 2.05) is 6.07 Å². The van der Waals surface area contributed by atoms with E-state index >= 15 is 0 Å². The second kappa shape index (κ2) is 7.18. The van der Waals surface area contributed by atoms with Crippen molar-refractivity contribution < 1.29 is 19.4 Å². The Morgan fingerprint density at radius 3 is 2.36 bits per heavy atom. The van der Waals surface area contributed by atoms with Crippen molar-refractivity contribution in [3.05, 3.63) is 58.6 Å². The van der Waals surface area contributed by atoms with Crippen molar-refractivity contribution in [1.82, 2.24) is 0 Å². The number of benzene rings is 2. The topological polar surface area (TPSA) is 55.8 Å². The lowest BCUT2D eigenvalue weighted by Crippen LogP contribution is -2.15. The average Bonchev–Trinajstić information content (AvgIpc) is 2.53. The van der Waals surface area contributed by atoms with Crippen molar-refractivity contribution in [2.24, 2.45) is 0 Å². The molecular weight excluding hydrogens is 304 g/mol. The Balaban J connectivity index is 2.32. The monoisotopic (exact) mass is 320 g/mol. The van der Waals surface area contributed by atoms with Crippen LogP contribution in [0.5, 0.6) is 11.5 Å². The van der Waals surface area contributed by atoms with Gasteiger partial charge in [-0.2, -0.15) is 0 Å². The zero-order valence-electron chi connectivity index (χ0n) is 12.4. The molecule has 4 nitrogen and oxygen atoms in total. The number of methoxy groups -OCH3 is 2. The fourth-order valence-electron chi connectivity index (χ4n) is 2.28. The molecule has 2 rings (SSSR count). The molecule has 0 aliphatic carbocycles. The van der Waals surface area contributed by atoms with E-state index in [9.17, 15) is 9.90 Å². The minimum atomic E-state index is -0.889. The van der Waals surface area contributed by atoms with Gasteiger partial charge in [-0.1, -0.05) is 29.8 Å². The molecule has 0 saturated heterocycles. The van der Waals surface area contributed by atoms with E-state index in [2.05, 4.69) is 0 Å². The fraction of sp³-hybridized carbons (Fsp3) is 0.235. The van der Waals surface area contributed by atoms with Gasteiger partial charge < -0.3 is 14.6 Å². The third-order valence-corrected chi connectivity index (χ3v) is 3.74. The molecule has 0 aliphatic rings. The largest absolute Gasteiger partial charge is 0.497 e. The molecule has 0 spiro atoms. The van der Waals surface area contributed by atoms with Crippen molar-refractivity contribution in [3.63, 3.8) is 0 Å². The van der Waals surface area contributed by atoms with Gasteiger partial charge in [-0.25, -0.2) is 0 Å². The third kappa shape index (κ3) is 3.71. The van der Waals surface area contributed by atoms with Gasteiger partial charge >= 0.3 is 5.97 Å². The summed E-state index contributed by atoms with van der Waals surface area (Å²) in [5.41, 5.74) is 1.51. The quantitative estimate of drug-likeness (QED) is 0.880. The summed E-state index contributed by atoms with van der Waals surface area (Å²) in [6.45, 7) is 0. The lowest BCUT2D eigenvalue weighted by Gasteiger charge is -2.16. The third-order valence-electron chi connectivity index (χ3n) is 3.49. The molecule has 0 fully saturated rings. The van der Waals surface area contributed by atoms with E-state index in [0.717, 1.165) is 5.56 Å². The van der Waals surface area contributed by atoms with Gasteiger partial charge in [-0.15, -0.1) is 0 Å². The second-order valence-electron chi connectivity index (χ2n) is 4.82. The van der Waals surface area contributed by atoms with Crippen LogP contribution in [-0.2, 0) is 11.2 Å². The number of hydrogen-bond acceptors (Lipinski definition) is 3. The summed E-state index contributed by atoms with van der Waals surface area (Å²) in [6, 6.07) is 12.2. The molecular formula is C17H17ClO4. The molecule has 5 heteroatoms. The molecule has 0 aliphatic heterocycles. The first kappa shape index (κ1) is 16.2. The van der Waals surface area contributed by atoms with Gasteiger partial charge in [0.05, 0.1) is 20.1 Å². The van der Waals surface area contributed by atoms with E-state index in [4.69, 9.17) is 21.1 Å². The number of halogens is 1. The standard InChI is InChI=1S/C17H17ClO4/c1-21-14-8-5-12(16(10-14)22-2)9-15(17(19)20)11-3-6-13(18)7-4-11/h3-8,10,15H,9H2,1-2H3,(H,19,20). The van der Waals surface area contributed by atoms with Gasteiger partial charge in [-0.05, 0) is 35.7 Å². The Morgan fingerprint density at radius 1 is 1.14 bits per heavy atom. The maximum absolute atomic E-state index is 11.6. The van der Waals surface area contributed by atoms with Crippen molar-refractivity contribution in [2.45, 2.75) is 12.3 Å². The number of carboxylic acid groups (broad SMARTS) is 1. The van der Waals surface area contributed by atoms with Gasteiger partial charge in [0.25, 0.3) is 0 Å². The molecule has 0 heterocycles. The number of rotatable bonds is 6. The lowest BCUT2D eigenvalue weighted by molar-refractivity contribution is -0.138. The summed E-state index contributed by atoms with van der Waals surface area (Å²) in [5, 5.41) is 10.1. The highest BCUT2D eigenvalue weighted by molar-refractivity contribution is 6.30. The van der Waals surface area contributed by atoms with Crippen LogP contribution in [0.3, 0.4) is 0 Å². The van der Waals surface area contributed by atoms with Crippen molar-refractivity contribution >= 4 is 17.6 Å². The minimum Gasteiger partial charge on any atom is -0.497 e. The average molecular weight is 321 g/mol. The Hall–Kier alpha value is -2.20. The maximum atomic E-state index is 11.6. The number of carboxylic acids is 1. The maximum Gasteiger partial charge on any atom is 0.311 e. The first-order chi connectivity index (χ1) is 10.5. The minimum absolute atomic E-state index is 0.324. The number of aliphatic carboxylic acids is 1. The van der Waals surface area contributed by atoms with Gasteiger partial charge in [0.15, 0.2) is 0 Å². The number of ether oxygens (including phenoxy) is 2. The zero-order valence-corrected chi connectivity index (χ0v) is 13.1. The molecule has 0 aromatic heterocycles. The molecule has 1 N–H and O–H groups in total. The van der Waals surface area contributed by atoms with Crippen LogP contribution >= 0.6 is 11.6 Å². The Kier molecular flexibility index (Phi) is 5.28. The van der Waals surface area contributed by atoms with Crippen LogP contribution < -0.4 is 9.47 Å². The highest BCUT2D eigenvalue weighted by atomic mass is 35.5. The zero-order chi connectivity index (χ0) is 16.1. The fourth-order valence-corrected chi connectivity index (χ4v) is 2.41. The van der Waals surface area contributed by atoms with Gasteiger partial charge in [-0.3, -0.25) is 4.79 Å². The molecule has 22 heavy (non-hydrogen) atoms. The Labute approximate surface area is 134 Å². The van der Waals surface area contributed by atoms with Gasteiger partial charge in [0.2, 0.25) is 0 Å². The summed E-state index contributed by atoms with van der Waals surface area (Å²) in [5.74, 6) is -0.279. The van der Waals surface area contributed by atoms with E-state index in [0.29, 0.717) is 28.5 Å². The highest BCUT2D eigenvalue weighted by Gasteiger charge is 2.22. The first-order valence-electron chi connectivity index (χ1n) is 6.74. The molecule has 0 saturated carbocycles. The SMILES string of the molecule is COc1ccc(CC(C(=O)O)c2ccc(Cl)cc2)c(OC)c1. The summed E-state index contributed by atoms with van der Waals surface area (Å²) < 4.78 is 10.5. The molecule has 0 radical (unpaired) electrons. The van der Waals surface area contributed by atoms with E-state index in [1.165, 1.54) is 0 Å². The Bertz CT molecular complexity index is 652. The van der Waals surface area contributed by atoms with Crippen LogP contribution in [0.15, 0.2) is 42.5 Å². The number of carbonyl (C=O) groups is 1. The second-order valence-corrected chi connectivity index (χ2v) is 5.26. The van der Waals surface area contributed by atoms with E-state index in [1.54, 1.807) is 50.6 Å². The van der Waals surface area contributed by atoms with Gasteiger partial charge in [0.1, 0.15) is 11.5 Å². The van der Waals surface area contributed by atoms with Crippen molar-refractivity contribution in [1.29, 1.82) is 0 Å². The lowest BCUT2D eigenvalue weighted by atomic mass is 9.91. The normalized spacial score (nSPS) is 11.8. The summed E-state index contributed by atoms with van der Waals surface area (Å²) in [7, 11) is 3.12. The molecule has 2 aromatic rings. The van der Waals surface area contributed by atoms with Crippen LogP contribution in [0.2, 0.25) is 5.02 Å². The van der Waals surface area contributed by atoms with E-state index < -0.39 is 11.9 Å². The predicted molar refractivity (Wildman–Crippen MR) is 85.1 cm³/mol. The van der Waals surface area contributed by atoms with Crippen molar-refractivity contribution in [3.8, 4) is 11.5 Å². The predicted octanol–water partition coefficient (Wildman–Crippen LogP) is 3.77. The summed E-state index contributed by atoms with van der Waals surface area (Å²) in [6.07, 6.45) is 0.324. The first-order valence-corrected chi connectivity index (χ1v) is 7.12. The molecule has 2 aromatic carbocycles. The van der Waals surface area contributed by atoms with Crippen LogP contribution in [0, 0.1) is 0 Å². The highest BCUT2D eigenvalue weighted by Crippen LogP contribution is 2.30. The number of hydrogen-bond donors (Lipinski definition) is 1. The molecule has 116 valence electrons. The molecule has 0 amide bonds. The molecule has 1 atom stereocenters. The summed E-state index contributed by atoms with van der Waals surface area (Å²) >= 11 is 5.86. The smallest absolute Gasteiger partial charge is 0.311 e. The summed E-state index contributed by atoms with van der Waals surface area (Å²) in [4.78, 5) is 11.6. The van der Waals surface area contributed by atoms with Crippen LogP contribution in [0.1, 0.15) is 17.0 Å².